The molecule has 138 valence electrons. The lowest BCUT2D eigenvalue weighted by molar-refractivity contribution is 0.0903. The van der Waals surface area contributed by atoms with Gasteiger partial charge in [0, 0.05) is 22.6 Å². The topological polar surface area (TPSA) is 37.3 Å². The average molecular weight is 351 g/mol. The lowest BCUT2D eigenvalue weighted by Crippen LogP contribution is -2.18. The molecule has 1 atom stereocenters. The van der Waals surface area contributed by atoms with E-state index in [0.717, 1.165) is 34.2 Å². The number of Topliss-reactive ketones (excluding diaryl/α,β-unsaturated/α-hetero) is 1. The first-order valence-corrected chi connectivity index (χ1v) is 9.48. The van der Waals surface area contributed by atoms with Gasteiger partial charge >= 0.3 is 0 Å². The van der Waals surface area contributed by atoms with Gasteiger partial charge in [0.05, 0.1) is 0 Å². The fraction of sp³-hybridized carbons (Fsp3) is 0.458. The van der Waals surface area contributed by atoms with Gasteiger partial charge in [0.25, 0.3) is 0 Å². The molecule has 0 aliphatic heterocycles. The Hall–Kier alpha value is -2.09. The Morgan fingerprint density at radius 1 is 1.04 bits per heavy atom. The lowest BCUT2D eigenvalue weighted by Gasteiger charge is -2.24. The number of phenols is 1. The van der Waals surface area contributed by atoms with Crippen molar-refractivity contribution in [1.29, 1.82) is 0 Å². The fourth-order valence-corrected chi connectivity index (χ4v) is 4.09. The number of rotatable bonds is 2. The second kappa shape index (κ2) is 6.26. The van der Waals surface area contributed by atoms with Crippen molar-refractivity contribution in [2.24, 2.45) is 11.3 Å². The number of hydrogen-bond acceptors (Lipinski definition) is 2. The molecule has 3 rings (SSSR count). The number of fused-ring (bicyclic) bond motifs is 1. The zero-order valence-electron chi connectivity index (χ0n) is 16.8. The molecule has 0 radical (unpaired) electrons. The summed E-state index contributed by atoms with van der Waals surface area (Å²) in [5.74, 6) is 0.561. The SMILES string of the molecule is CC(C)(C)CC1Cc2c(cc(C(C)(C)C)c(O)c2-c2ccccc2)C1=O. The smallest absolute Gasteiger partial charge is 0.166 e. The van der Waals surface area contributed by atoms with E-state index in [2.05, 4.69) is 41.5 Å². The molecular formula is C24H30O2. The van der Waals surface area contributed by atoms with Crippen molar-refractivity contribution in [3.05, 3.63) is 53.1 Å². The van der Waals surface area contributed by atoms with E-state index in [-0.39, 0.29) is 22.5 Å². The van der Waals surface area contributed by atoms with Crippen LogP contribution in [0.4, 0.5) is 0 Å². The van der Waals surface area contributed by atoms with E-state index in [9.17, 15) is 9.90 Å². The molecule has 1 aliphatic rings. The highest BCUT2D eigenvalue weighted by Crippen LogP contribution is 2.47. The first kappa shape index (κ1) is 18.7. The molecule has 0 fully saturated rings. The number of carbonyl (C=O) groups excluding carboxylic acids is 1. The average Bonchev–Trinajstić information content (AvgIpc) is 2.80. The van der Waals surface area contributed by atoms with E-state index in [1.54, 1.807) is 0 Å². The zero-order valence-corrected chi connectivity index (χ0v) is 16.8. The van der Waals surface area contributed by atoms with E-state index in [1.165, 1.54) is 0 Å². The molecule has 0 saturated heterocycles. The summed E-state index contributed by atoms with van der Waals surface area (Å²) < 4.78 is 0. The van der Waals surface area contributed by atoms with E-state index in [1.807, 2.05) is 36.4 Å². The number of aromatic hydroxyl groups is 1. The Labute approximate surface area is 157 Å². The molecule has 2 nitrogen and oxygen atoms in total. The summed E-state index contributed by atoms with van der Waals surface area (Å²) in [4.78, 5) is 13.2. The molecule has 0 heterocycles. The van der Waals surface area contributed by atoms with Crippen molar-refractivity contribution >= 4 is 5.78 Å². The molecular weight excluding hydrogens is 320 g/mol. The summed E-state index contributed by atoms with van der Waals surface area (Å²) in [7, 11) is 0. The zero-order chi connectivity index (χ0) is 19.3. The van der Waals surface area contributed by atoms with E-state index >= 15 is 0 Å². The predicted octanol–water partition coefficient (Wildman–Crippen LogP) is 6.15. The summed E-state index contributed by atoms with van der Waals surface area (Å²) >= 11 is 0. The predicted molar refractivity (Wildman–Crippen MR) is 108 cm³/mol. The van der Waals surface area contributed by atoms with Crippen LogP contribution in [0.1, 0.15) is 69.4 Å². The van der Waals surface area contributed by atoms with Gasteiger partial charge in [0.1, 0.15) is 5.75 Å². The van der Waals surface area contributed by atoms with E-state index in [4.69, 9.17) is 0 Å². The number of benzene rings is 2. The van der Waals surface area contributed by atoms with Crippen LogP contribution in [0.15, 0.2) is 36.4 Å². The van der Waals surface area contributed by atoms with Crippen LogP contribution >= 0.6 is 0 Å². The first-order valence-electron chi connectivity index (χ1n) is 9.48. The molecule has 1 unspecified atom stereocenters. The second-order valence-electron chi connectivity index (χ2n) is 9.82. The lowest BCUT2D eigenvalue weighted by atomic mass is 9.81. The molecule has 0 bridgehead atoms. The highest BCUT2D eigenvalue weighted by Gasteiger charge is 2.37. The standard InChI is InChI=1S/C24H30O2/c1-23(2,3)14-16-12-17-18(21(16)25)13-19(24(4,5)6)22(26)20(17)15-10-8-7-9-11-15/h7-11,13,16,26H,12,14H2,1-6H3. The van der Waals surface area contributed by atoms with Crippen LogP contribution in [0.5, 0.6) is 5.75 Å². The minimum Gasteiger partial charge on any atom is -0.507 e. The van der Waals surface area contributed by atoms with Crippen molar-refractivity contribution in [1.82, 2.24) is 0 Å². The van der Waals surface area contributed by atoms with Crippen LogP contribution < -0.4 is 0 Å². The normalized spacial score (nSPS) is 17.5. The Kier molecular flexibility index (Phi) is 4.50. The summed E-state index contributed by atoms with van der Waals surface area (Å²) in [6.07, 6.45) is 1.58. The van der Waals surface area contributed by atoms with Crippen LogP contribution in [-0.4, -0.2) is 10.9 Å². The van der Waals surface area contributed by atoms with Crippen LogP contribution in [-0.2, 0) is 11.8 Å². The van der Waals surface area contributed by atoms with Crippen molar-refractivity contribution in [2.75, 3.05) is 0 Å². The Bertz CT molecular complexity index is 833. The Morgan fingerprint density at radius 2 is 1.65 bits per heavy atom. The molecule has 1 N–H and O–H groups in total. The second-order valence-corrected chi connectivity index (χ2v) is 9.82. The van der Waals surface area contributed by atoms with Gasteiger partial charge in [-0.15, -0.1) is 0 Å². The molecule has 2 aromatic rings. The van der Waals surface area contributed by atoms with Crippen molar-refractivity contribution in [3.8, 4) is 16.9 Å². The molecule has 0 spiro atoms. The maximum Gasteiger partial charge on any atom is 0.166 e. The molecule has 2 aromatic carbocycles. The highest BCUT2D eigenvalue weighted by atomic mass is 16.3. The summed E-state index contributed by atoms with van der Waals surface area (Å²) in [6, 6.07) is 11.9. The van der Waals surface area contributed by atoms with E-state index < -0.39 is 0 Å². The van der Waals surface area contributed by atoms with Gasteiger partial charge in [-0.2, -0.15) is 0 Å². The van der Waals surface area contributed by atoms with Gasteiger partial charge in [-0.3, -0.25) is 4.79 Å². The van der Waals surface area contributed by atoms with Gasteiger partial charge in [0.15, 0.2) is 5.78 Å². The third kappa shape index (κ3) is 3.42. The van der Waals surface area contributed by atoms with Gasteiger partial charge in [-0.1, -0.05) is 71.9 Å². The van der Waals surface area contributed by atoms with Gasteiger partial charge in [0.2, 0.25) is 0 Å². The molecule has 0 amide bonds. The first-order chi connectivity index (χ1) is 12.0. The van der Waals surface area contributed by atoms with Crippen molar-refractivity contribution in [3.63, 3.8) is 0 Å². The van der Waals surface area contributed by atoms with Gasteiger partial charge in [-0.25, -0.2) is 0 Å². The Balaban J connectivity index is 2.22. The Morgan fingerprint density at radius 3 is 2.19 bits per heavy atom. The van der Waals surface area contributed by atoms with Crippen LogP contribution in [0.3, 0.4) is 0 Å². The summed E-state index contributed by atoms with van der Waals surface area (Å²) in [6.45, 7) is 12.8. The summed E-state index contributed by atoms with van der Waals surface area (Å²) in [5.41, 5.74) is 4.37. The minimum atomic E-state index is -0.231. The monoisotopic (exact) mass is 350 g/mol. The molecule has 2 heteroatoms. The molecule has 26 heavy (non-hydrogen) atoms. The minimum absolute atomic E-state index is 0.00193. The van der Waals surface area contributed by atoms with Crippen LogP contribution in [0, 0.1) is 11.3 Å². The van der Waals surface area contributed by atoms with Crippen molar-refractivity contribution < 1.29 is 9.90 Å². The highest BCUT2D eigenvalue weighted by molar-refractivity contribution is 6.05. The quantitative estimate of drug-likeness (QED) is 0.705. The fourth-order valence-electron chi connectivity index (χ4n) is 4.09. The maximum absolute atomic E-state index is 13.2. The molecule has 0 saturated carbocycles. The largest absolute Gasteiger partial charge is 0.507 e. The van der Waals surface area contributed by atoms with Gasteiger partial charge < -0.3 is 5.11 Å². The summed E-state index contributed by atoms with van der Waals surface area (Å²) in [5, 5.41) is 11.1. The number of ketones is 1. The third-order valence-corrected chi connectivity index (χ3v) is 5.22. The molecule has 0 aromatic heterocycles. The maximum atomic E-state index is 13.2. The third-order valence-electron chi connectivity index (χ3n) is 5.22. The van der Waals surface area contributed by atoms with Crippen LogP contribution in [0.2, 0.25) is 0 Å². The number of phenolic OH excluding ortho intramolecular Hbond substituents is 1. The van der Waals surface area contributed by atoms with Gasteiger partial charge in [-0.05, 0) is 40.9 Å². The van der Waals surface area contributed by atoms with Crippen molar-refractivity contribution in [2.45, 2.75) is 59.8 Å². The molecule has 1 aliphatic carbocycles. The number of hydrogen-bond donors (Lipinski definition) is 1. The van der Waals surface area contributed by atoms with Crippen LogP contribution in [0.25, 0.3) is 11.1 Å². The number of carbonyl (C=O) groups is 1. The van der Waals surface area contributed by atoms with E-state index in [0.29, 0.717) is 12.2 Å².